The summed E-state index contributed by atoms with van der Waals surface area (Å²) in [6.07, 6.45) is 2.63. The molecule has 1 amide bonds. The second-order valence-corrected chi connectivity index (χ2v) is 15.2. The molecule has 1 aromatic carbocycles. The first-order valence-corrected chi connectivity index (χ1v) is 14.4. The first kappa shape index (κ1) is 21.4. The Morgan fingerprint density at radius 3 is 2.87 bits per heavy atom. The summed E-state index contributed by atoms with van der Waals surface area (Å²) in [6, 6.07) is 2.87. The van der Waals surface area contributed by atoms with Crippen molar-refractivity contribution in [2.75, 3.05) is 13.2 Å². The van der Waals surface area contributed by atoms with Crippen molar-refractivity contribution >= 4 is 48.1 Å². The van der Waals surface area contributed by atoms with E-state index in [1.54, 1.807) is 17.1 Å². The third kappa shape index (κ3) is 4.41. The van der Waals surface area contributed by atoms with Crippen LogP contribution in [0.3, 0.4) is 0 Å². The lowest BCUT2D eigenvalue weighted by molar-refractivity contribution is -0.120. The maximum atomic E-state index is 12.2. The number of carbonyl (C=O) groups excluding carboxylic acids is 1. The third-order valence-electron chi connectivity index (χ3n) is 5.19. The molecule has 3 aromatic rings. The second kappa shape index (κ2) is 8.34. The van der Waals surface area contributed by atoms with Crippen LogP contribution >= 0.6 is 23.2 Å². The van der Waals surface area contributed by atoms with Gasteiger partial charge in [-0.2, -0.15) is 0 Å². The van der Waals surface area contributed by atoms with Gasteiger partial charge in [-0.1, -0.05) is 42.8 Å². The summed E-state index contributed by atoms with van der Waals surface area (Å²) < 4.78 is 7.44. The molecule has 160 valence electrons. The van der Waals surface area contributed by atoms with Crippen molar-refractivity contribution in [1.29, 1.82) is 0 Å². The van der Waals surface area contributed by atoms with Crippen LogP contribution in [0, 0.1) is 0 Å². The van der Waals surface area contributed by atoms with Crippen molar-refractivity contribution in [3.63, 3.8) is 0 Å². The highest BCUT2D eigenvalue weighted by atomic mass is 35.5. The van der Waals surface area contributed by atoms with Crippen molar-refractivity contribution in [3.8, 4) is 11.4 Å². The summed E-state index contributed by atoms with van der Waals surface area (Å²) in [6.45, 7) is 8.59. The standard InChI is InChI=1S/C20H25Cl2N5O2Si/c1-30(2,3)7-6-29-11-27-10-24-20(26-27)13-8-14(21)18(22)19-17(13)12-9-16(28)23-5-4-15(12)25-19/h8,10,25H,4-7,9,11H2,1-3H3,(H,23,28). The number of hydrogen-bond acceptors (Lipinski definition) is 4. The molecule has 1 aliphatic rings. The average molecular weight is 466 g/mol. The maximum Gasteiger partial charge on any atom is 0.224 e. The summed E-state index contributed by atoms with van der Waals surface area (Å²) in [4.78, 5) is 20.0. The molecule has 0 spiro atoms. The highest BCUT2D eigenvalue weighted by Gasteiger charge is 2.24. The summed E-state index contributed by atoms with van der Waals surface area (Å²) in [5.74, 6) is 0.514. The summed E-state index contributed by atoms with van der Waals surface area (Å²) in [7, 11) is -1.13. The van der Waals surface area contributed by atoms with Crippen LogP contribution in [-0.4, -0.2) is 46.9 Å². The number of carbonyl (C=O) groups is 1. The van der Waals surface area contributed by atoms with Crippen LogP contribution in [0.4, 0.5) is 0 Å². The molecule has 0 bridgehead atoms. The molecule has 0 aliphatic carbocycles. The SMILES string of the molecule is C[Si](C)(C)CCOCn1cnc(-c2cc(Cl)c(Cl)c3[nH]c4c(c23)CC(=O)NCC4)n1. The number of nitrogens with one attached hydrogen (secondary N) is 2. The Labute approximate surface area is 186 Å². The van der Waals surface area contributed by atoms with E-state index in [4.69, 9.17) is 27.9 Å². The van der Waals surface area contributed by atoms with Crippen LogP contribution in [0.1, 0.15) is 11.3 Å². The fourth-order valence-electron chi connectivity index (χ4n) is 3.59. The molecule has 0 saturated heterocycles. The molecule has 0 fully saturated rings. The number of benzene rings is 1. The van der Waals surface area contributed by atoms with Gasteiger partial charge in [-0.15, -0.1) is 5.10 Å². The number of nitrogens with zero attached hydrogens (tertiary/aromatic N) is 3. The number of hydrogen-bond donors (Lipinski definition) is 2. The van der Waals surface area contributed by atoms with Gasteiger partial charge in [-0.25, -0.2) is 9.67 Å². The quantitative estimate of drug-likeness (QED) is 0.420. The van der Waals surface area contributed by atoms with Crippen LogP contribution in [-0.2, 0) is 29.1 Å². The van der Waals surface area contributed by atoms with Gasteiger partial charge in [0, 0.05) is 44.3 Å². The molecule has 2 aromatic heterocycles. The van der Waals surface area contributed by atoms with Crippen molar-refractivity contribution < 1.29 is 9.53 Å². The van der Waals surface area contributed by atoms with Crippen LogP contribution in [0.5, 0.6) is 0 Å². The minimum absolute atomic E-state index is 0.0130. The van der Waals surface area contributed by atoms with Gasteiger partial charge in [0.25, 0.3) is 0 Å². The van der Waals surface area contributed by atoms with E-state index < -0.39 is 8.07 Å². The van der Waals surface area contributed by atoms with Gasteiger partial charge in [0.05, 0.1) is 22.0 Å². The molecule has 1 aliphatic heterocycles. The highest BCUT2D eigenvalue weighted by Crippen LogP contribution is 2.40. The Morgan fingerprint density at radius 1 is 1.30 bits per heavy atom. The third-order valence-corrected chi connectivity index (χ3v) is 7.68. The van der Waals surface area contributed by atoms with Crippen LogP contribution in [0.15, 0.2) is 12.4 Å². The number of ether oxygens (including phenoxy) is 1. The number of aromatic nitrogens is 4. The fourth-order valence-corrected chi connectivity index (χ4v) is 4.74. The molecule has 2 N–H and O–H groups in total. The zero-order valence-electron chi connectivity index (χ0n) is 17.3. The Kier molecular flexibility index (Phi) is 5.94. The van der Waals surface area contributed by atoms with Crippen LogP contribution in [0.25, 0.3) is 22.3 Å². The number of H-pyrrole nitrogens is 1. The maximum absolute atomic E-state index is 12.2. The number of amides is 1. The molecule has 10 heteroatoms. The molecule has 0 radical (unpaired) electrons. The summed E-state index contributed by atoms with van der Waals surface area (Å²) >= 11 is 12.9. The Morgan fingerprint density at radius 2 is 2.10 bits per heavy atom. The monoisotopic (exact) mass is 465 g/mol. The Bertz CT molecular complexity index is 1100. The topological polar surface area (TPSA) is 84.8 Å². The van der Waals surface area contributed by atoms with Gasteiger partial charge in [-0.05, 0) is 17.7 Å². The summed E-state index contributed by atoms with van der Waals surface area (Å²) in [5, 5.41) is 9.20. The fraction of sp³-hybridized carbons (Fsp3) is 0.450. The van der Waals surface area contributed by atoms with Gasteiger partial charge in [-0.3, -0.25) is 4.79 Å². The van der Waals surface area contributed by atoms with Crippen molar-refractivity contribution in [2.24, 2.45) is 0 Å². The van der Waals surface area contributed by atoms with E-state index in [-0.39, 0.29) is 12.3 Å². The number of fused-ring (bicyclic) bond motifs is 3. The van der Waals surface area contributed by atoms with Gasteiger partial charge in [0.2, 0.25) is 5.91 Å². The van der Waals surface area contributed by atoms with E-state index in [1.807, 2.05) is 0 Å². The van der Waals surface area contributed by atoms with E-state index in [1.165, 1.54) is 0 Å². The molecule has 7 nitrogen and oxygen atoms in total. The van der Waals surface area contributed by atoms with E-state index in [9.17, 15) is 4.79 Å². The molecule has 0 unspecified atom stereocenters. The smallest absolute Gasteiger partial charge is 0.224 e. The van der Waals surface area contributed by atoms with Gasteiger partial charge in [0.1, 0.15) is 13.1 Å². The van der Waals surface area contributed by atoms with E-state index >= 15 is 0 Å². The second-order valence-electron chi connectivity index (χ2n) is 8.78. The first-order chi connectivity index (χ1) is 14.2. The molecule has 0 saturated carbocycles. The van der Waals surface area contributed by atoms with Gasteiger partial charge >= 0.3 is 0 Å². The highest BCUT2D eigenvalue weighted by molar-refractivity contribution is 6.76. The molecule has 3 heterocycles. The van der Waals surface area contributed by atoms with E-state index in [2.05, 4.69) is 40.0 Å². The van der Waals surface area contributed by atoms with E-state index in [0.717, 1.165) is 33.8 Å². The number of rotatable bonds is 6. The molecular weight excluding hydrogens is 441 g/mol. The largest absolute Gasteiger partial charge is 0.359 e. The van der Waals surface area contributed by atoms with Gasteiger partial charge in [0.15, 0.2) is 5.82 Å². The predicted molar refractivity (Wildman–Crippen MR) is 122 cm³/mol. The summed E-state index contributed by atoms with van der Waals surface area (Å²) in [5.41, 5.74) is 3.40. The molecular formula is C20H25Cl2N5O2Si. The minimum Gasteiger partial charge on any atom is -0.359 e. The lowest BCUT2D eigenvalue weighted by Gasteiger charge is -2.15. The normalized spacial score (nSPS) is 14.6. The Hall–Kier alpha value is -1.87. The van der Waals surface area contributed by atoms with Crippen LogP contribution < -0.4 is 5.32 Å². The molecule has 30 heavy (non-hydrogen) atoms. The van der Waals surface area contributed by atoms with Crippen molar-refractivity contribution in [3.05, 3.63) is 33.7 Å². The van der Waals surface area contributed by atoms with E-state index in [0.29, 0.717) is 42.2 Å². The zero-order chi connectivity index (χ0) is 21.5. The first-order valence-electron chi connectivity index (χ1n) is 9.98. The lowest BCUT2D eigenvalue weighted by Crippen LogP contribution is -2.24. The van der Waals surface area contributed by atoms with Gasteiger partial charge < -0.3 is 15.0 Å². The molecule has 4 rings (SSSR count). The number of halogens is 2. The lowest BCUT2D eigenvalue weighted by atomic mass is 10.0. The average Bonchev–Trinajstić information content (AvgIpc) is 3.22. The van der Waals surface area contributed by atoms with Crippen molar-refractivity contribution in [2.45, 2.75) is 45.3 Å². The Balaban J connectivity index is 1.68. The predicted octanol–water partition coefficient (Wildman–Crippen LogP) is 4.26. The molecule has 0 atom stereocenters. The van der Waals surface area contributed by atoms with Crippen LogP contribution in [0.2, 0.25) is 35.7 Å². The van der Waals surface area contributed by atoms with Crippen molar-refractivity contribution in [1.82, 2.24) is 25.1 Å². The zero-order valence-corrected chi connectivity index (χ0v) is 19.8. The minimum atomic E-state index is -1.13. The number of aromatic amines is 1.